The van der Waals surface area contributed by atoms with Gasteiger partial charge in [-0.25, -0.2) is 15.0 Å². The SMILES string of the molecule is OC1CCN(c2c(CCNc3ncnc4[nH]cnc34)cc(Cl)c3ccccc23)CC1. The number of nitrogens with zero attached hydrogens (tertiary/aromatic N) is 4. The van der Waals surface area contributed by atoms with E-state index in [1.165, 1.54) is 17.6 Å². The Morgan fingerprint density at radius 2 is 1.93 bits per heavy atom. The van der Waals surface area contributed by atoms with E-state index in [0.717, 1.165) is 59.5 Å². The van der Waals surface area contributed by atoms with Crippen LogP contribution in [0.5, 0.6) is 0 Å². The van der Waals surface area contributed by atoms with Crippen LogP contribution in [-0.2, 0) is 6.42 Å². The molecule has 0 saturated carbocycles. The van der Waals surface area contributed by atoms with Crippen molar-refractivity contribution in [1.29, 1.82) is 0 Å². The number of imidazole rings is 1. The van der Waals surface area contributed by atoms with E-state index in [4.69, 9.17) is 11.6 Å². The molecule has 3 N–H and O–H groups in total. The molecule has 1 saturated heterocycles. The predicted molar refractivity (Wildman–Crippen MR) is 120 cm³/mol. The summed E-state index contributed by atoms with van der Waals surface area (Å²) in [6.07, 6.45) is 5.30. The van der Waals surface area contributed by atoms with Crippen LogP contribution in [0, 0.1) is 0 Å². The molecule has 0 bridgehead atoms. The quantitative estimate of drug-likeness (QED) is 0.453. The van der Waals surface area contributed by atoms with Gasteiger partial charge in [0.1, 0.15) is 11.8 Å². The van der Waals surface area contributed by atoms with E-state index in [-0.39, 0.29) is 6.10 Å². The number of piperidine rings is 1. The number of nitrogens with one attached hydrogen (secondary N) is 2. The zero-order chi connectivity index (χ0) is 20.5. The maximum Gasteiger partial charge on any atom is 0.162 e. The number of hydrogen-bond donors (Lipinski definition) is 3. The molecule has 0 unspecified atom stereocenters. The summed E-state index contributed by atoms with van der Waals surface area (Å²) in [5.41, 5.74) is 3.86. The van der Waals surface area contributed by atoms with E-state index in [2.05, 4.69) is 54.4 Å². The number of aliphatic hydroxyl groups excluding tert-OH is 1. The molecule has 0 aliphatic carbocycles. The van der Waals surface area contributed by atoms with Crippen LogP contribution in [0.4, 0.5) is 11.5 Å². The minimum atomic E-state index is -0.209. The topological polar surface area (TPSA) is 90.0 Å². The van der Waals surface area contributed by atoms with Crippen molar-refractivity contribution >= 4 is 45.0 Å². The predicted octanol–water partition coefficient (Wildman–Crippen LogP) is 3.78. The fourth-order valence-electron chi connectivity index (χ4n) is 4.23. The highest BCUT2D eigenvalue weighted by Gasteiger charge is 2.22. The largest absolute Gasteiger partial charge is 0.393 e. The third kappa shape index (κ3) is 3.55. The second kappa shape index (κ2) is 8.08. The third-order valence-electron chi connectivity index (χ3n) is 5.73. The van der Waals surface area contributed by atoms with Gasteiger partial charge in [-0.05, 0) is 30.9 Å². The van der Waals surface area contributed by atoms with E-state index in [9.17, 15) is 5.11 Å². The molecule has 1 fully saturated rings. The van der Waals surface area contributed by atoms with Crippen molar-refractivity contribution in [2.75, 3.05) is 29.9 Å². The second-order valence-electron chi connectivity index (χ2n) is 7.63. The zero-order valence-corrected chi connectivity index (χ0v) is 17.2. The van der Waals surface area contributed by atoms with Crippen LogP contribution in [0.3, 0.4) is 0 Å². The Bertz CT molecular complexity index is 1180. The highest BCUT2D eigenvalue weighted by Crippen LogP contribution is 2.37. The van der Waals surface area contributed by atoms with Crippen LogP contribution in [-0.4, -0.2) is 50.8 Å². The lowest BCUT2D eigenvalue weighted by atomic mass is 9.98. The molecule has 5 rings (SSSR count). The van der Waals surface area contributed by atoms with Gasteiger partial charge in [-0.1, -0.05) is 35.9 Å². The van der Waals surface area contributed by atoms with Crippen LogP contribution in [0.15, 0.2) is 43.0 Å². The molecule has 2 aromatic heterocycles. The van der Waals surface area contributed by atoms with Gasteiger partial charge in [-0.2, -0.15) is 0 Å². The van der Waals surface area contributed by atoms with Crippen molar-refractivity contribution in [3.05, 3.63) is 53.6 Å². The van der Waals surface area contributed by atoms with E-state index < -0.39 is 0 Å². The first-order valence-electron chi connectivity index (χ1n) is 10.2. The summed E-state index contributed by atoms with van der Waals surface area (Å²) in [5.74, 6) is 0.718. The molecule has 0 atom stereocenters. The molecule has 2 aromatic carbocycles. The Morgan fingerprint density at radius 3 is 2.77 bits per heavy atom. The molecule has 8 heteroatoms. The van der Waals surface area contributed by atoms with Crippen LogP contribution in [0.2, 0.25) is 5.02 Å². The summed E-state index contributed by atoms with van der Waals surface area (Å²) in [7, 11) is 0. The highest BCUT2D eigenvalue weighted by molar-refractivity contribution is 6.36. The van der Waals surface area contributed by atoms with Crippen molar-refractivity contribution in [2.45, 2.75) is 25.4 Å². The Hall–Kier alpha value is -2.90. The lowest BCUT2D eigenvalue weighted by Crippen LogP contribution is -2.36. The highest BCUT2D eigenvalue weighted by atomic mass is 35.5. The second-order valence-corrected chi connectivity index (χ2v) is 8.04. The summed E-state index contributed by atoms with van der Waals surface area (Å²) in [6.45, 7) is 2.37. The molecule has 7 nitrogen and oxygen atoms in total. The van der Waals surface area contributed by atoms with E-state index in [1.807, 2.05) is 6.07 Å². The first-order chi connectivity index (χ1) is 14.7. The standard InChI is InChI=1S/C22H23ClN6O/c23-18-11-14(5-8-24-21-19-22(26-12-25-19)28-13-27-21)20(17-4-2-1-3-16(17)18)29-9-6-15(30)7-10-29/h1-4,11-13,15,30H,5-10H2,(H2,24,25,26,27,28). The summed E-state index contributed by atoms with van der Waals surface area (Å²) >= 11 is 6.64. The molecule has 1 aliphatic rings. The van der Waals surface area contributed by atoms with Crippen molar-refractivity contribution < 1.29 is 5.11 Å². The molecule has 30 heavy (non-hydrogen) atoms. The number of aliphatic hydroxyl groups is 1. The minimum absolute atomic E-state index is 0.209. The van der Waals surface area contributed by atoms with Crippen LogP contribution in [0.25, 0.3) is 21.9 Å². The summed E-state index contributed by atoms with van der Waals surface area (Å²) in [4.78, 5) is 18.2. The maximum atomic E-state index is 9.96. The minimum Gasteiger partial charge on any atom is -0.393 e. The molecule has 0 radical (unpaired) electrons. The van der Waals surface area contributed by atoms with Crippen molar-refractivity contribution in [2.24, 2.45) is 0 Å². The summed E-state index contributed by atoms with van der Waals surface area (Å²) < 4.78 is 0. The number of aromatic amines is 1. The van der Waals surface area contributed by atoms with E-state index in [0.29, 0.717) is 12.2 Å². The van der Waals surface area contributed by atoms with Gasteiger partial charge in [0, 0.05) is 41.1 Å². The smallest absolute Gasteiger partial charge is 0.162 e. The molecule has 1 aliphatic heterocycles. The van der Waals surface area contributed by atoms with Gasteiger partial charge in [0.25, 0.3) is 0 Å². The number of rotatable bonds is 5. The fourth-order valence-corrected chi connectivity index (χ4v) is 4.53. The maximum absolute atomic E-state index is 9.96. The Kier molecular flexibility index (Phi) is 5.14. The first-order valence-corrected chi connectivity index (χ1v) is 10.6. The van der Waals surface area contributed by atoms with Gasteiger partial charge in [0.2, 0.25) is 0 Å². The molecule has 154 valence electrons. The van der Waals surface area contributed by atoms with Gasteiger partial charge in [-0.3, -0.25) is 0 Å². The van der Waals surface area contributed by atoms with Gasteiger partial charge >= 0.3 is 0 Å². The van der Waals surface area contributed by atoms with Gasteiger partial charge in [-0.15, -0.1) is 0 Å². The Balaban J connectivity index is 1.45. The van der Waals surface area contributed by atoms with Crippen molar-refractivity contribution in [3.8, 4) is 0 Å². The number of hydrogen-bond acceptors (Lipinski definition) is 6. The zero-order valence-electron chi connectivity index (χ0n) is 16.5. The molecule has 0 amide bonds. The Morgan fingerprint density at radius 1 is 1.13 bits per heavy atom. The fraction of sp³-hybridized carbons (Fsp3) is 0.318. The van der Waals surface area contributed by atoms with Crippen LogP contribution < -0.4 is 10.2 Å². The molecule has 4 aromatic rings. The van der Waals surface area contributed by atoms with Gasteiger partial charge in [0.15, 0.2) is 11.5 Å². The summed E-state index contributed by atoms with van der Waals surface area (Å²) in [5, 5.41) is 16.3. The molecular weight excluding hydrogens is 400 g/mol. The van der Waals surface area contributed by atoms with Crippen molar-refractivity contribution in [1.82, 2.24) is 19.9 Å². The monoisotopic (exact) mass is 422 g/mol. The Labute approximate surface area is 179 Å². The van der Waals surface area contributed by atoms with E-state index in [1.54, 1.807) is 6.33 Å². The number of benzene rings is 2. The lowest BCUT2D eigenvalue weighted by molar-refractivity contribution is 0.145. The van der Waals surface area contributed by atoms with E-state index >= 15 is 0 Å². The summed E-state index contributed by atoms with van der Waals surface area (Å²) in [6, 6.07) is 10.4. The number of aromatic nitrogens is 4. The number of fused-ring (bicyclic) bond motifs is 2. The molecule has 3 heterocycles. The normalized spacial score (nSPS) is 15.2. The average Bonchev–Trinajstić information content (AvgIpc) is 3.25. The van der Waals surface area contributed by atoms with Crippen LogP contribution >= 0.6 is 11.6 Å². The van der Waals surface area contributed by atoms with Crippen LogP contribution in [0.1, 0.15) is 18.4 Å². The van der Waals surface area contributed by atoms with Gasteiger partial charge < -0.3 is 20.3 Å². The number of halogens is 1. The third-order valence-corrected chi connectivity index (χ3v) is 6.04. The number of anilines is 2. The molecular formula is C22H23ClN6O. The number of H-pyrrole nitrogens is 1. The average molecular weight is 423 g/mol. The first kappa shape index (κ1) is 19.1. The lowest BCUT2D eigenvalue weighted by Gasteiger charge is -2.34. The molecule has 0 spiro atoms. The van der Waals surface area contributed by atoms with Gasteiger partial charge in [0.05, 0.1) is 12.4 Å². The van der Waals surface area contributed by atoms with Crippen molar-refractivity contribution in [3.63, 3.8) is 0 Å².